The van der Waals surface area contributed by atoms with E-state index in [-0.39, 0.29) is 0 Å². The van der Waals surface area contributed by atoms with Crippen LogP contribution in [0.5, 0.6) is 0 Å². The van der Waals surface area contributed by atoms with E-state index >= 15 is 0 Å². The Kier molecular flexibility index (Phi) is 15.1. The van der Waals surface area contributed by atoms with Gasteiger partial charge < -0.3 is 0 Å². The molecule has 0 aliphatic rings. The Morgan fingerprint density at radius 1 is 0.765 bits per heavy atom. The van der Waals surface area contributed by atoms with Crippen molar-refractivity contribution in [1.29, 1.82) is 0 Å². The van der Waals surface area contributed by atoms with Crippen molar-refractivity contribution in [3.05, 3.63) is 0 Å². The minimum Gasteiger partial charge on any atom is -0.0860 e. The molecule has 0 amide bonds. The summed E-state index contributed by atoms with van der Waals surface area (Å²) in [6.07, 6.45) is 14.3. The first-order valence-electron chi connectivity index (χ1n) is 7.46. The zero-order chi connectivity index (χ0) is 12.9. The summed E-state index contributed by atoms with van der Waals surface area (Å²) < 4.78 is 2.27. The van der Waals surface area contributed by atoms with E-state index in [4.69, 9.17) is 0 Å². The van der Waals surface area contributed by atoms with Gasteiger partial charge in [0.05, 0.1) is 0 Å². The topological polar surface area (TPSA) is 0 Å². The van der Waals surface area contributed by atoms with Crippen LogP contribution < -0.4 is 0 Å². The van der Waals surface area contributed by atoms with Crippen LogP contribution in [0.2, 0.25) is 0 Å². The molecule has 0 aromatic carbocycles. The van der Waals surface area contributed by atoms with Gasteiger partial charge in [0, 0.05) is 8.35 Å². The lowest BCUT2D eigenvalue weighted by Crippen LogP contribution is -2.15. The third kappa shape index (κ3) is 11.0. The second-order valence-corrected chi connectivity index (χ2v) is 7.61. The fourth-order valence-corrected chi connectivity index (χ4v) is 5.26. The molecule has 0 radical (unpaired) electrons. The summed E-state index contributed by atoms with van der Waals surface area (Å²) in [4.78, 5) is 0. The first-order chi connectivity index (χ1) is 8.26. The lowest BCUT2D eigenvalue weighted by Gasteiger charge is -2.20. The van der Waals surface area contributed by atoms with Crippen LogP contribution in [0.4, 0.5) is 0 Å². The molecule has 0 aromatic heterocycles. The Labute approximate surface area is 136 Å². The Bertz CT molecular complexity index is 148. The minimum absolute atomic E-state index is 0.919. The molecule has 104 valence electrons. The van der Waals surface area contributed by atoms with Crippen LogP contribution >= 0.6 is 45.2 Å². The largest absolute Gasteiger partial charge is 0.0860 e. The quantitative estimate of drug-likeness (QED) is 0.170. The molecule has 0 spiro atoms. The number of hydrogen-bond acceptors (Lipinski definition) is 0. The Balaban J connectivity index is 3.50. The highest BCUT2D eigenvalue weighted by atomic mass is 127. The van der Waals surface area contributed by atoms with E-state index in [0.717, 1.165) is 9.84 Å². The van der Waals surface area contributed by atoms with Crippen LogP contribution in [0.3, 0.4) is 0 Å². The molecule has 0 N–H and O–H groups in total. The maximum atomic E-state index is 2.71. The number of hydrogen-bond donors (Lipinski definition) is 0. The van der Waals surface area contributed by atoms with Crippen molar-refractivity contribution in [3.8, 4) is 0 Å². The van der Waals surface area contributed by atoms with Gasteiger partial charge in [-0.1, -0.05) is 110 Å². The van der Waals surface area contributed by atoms with Gasteiger partial charge in [-0.3, -0.25) is 0 Å². The van der Waals surface area contributed by atoms with Gasteiger partial charge in [0.25, 0.3) is 0 Å². The van der Waals surface area contributed by atoms with Crippen LogP contribution in [0.15, 0.2) is 0 Å². The molecule has 0 fully saturated rings. The van der Waals surface area contributed by atoms with Crippen molar-refractivity contribution in [2.75, 3.05) is 4.43 Å². The van der Waals surface area contributed by atoms with E-state index in [1.54, 1.807) is 0 Å². The predicted molar refractivity (Wildman–Crippen MR) is 97.7 cm³/mol. The summed E-state index contributed by atoms with van der Waals surface area (Å²) in [7, 11) is 0. The third-order valence-corrected chi connectivity index (χ3v) is 6.24. The predicted octanol–water partition coefficient (Wildman–Crippen LogP) is 6.78. The summed E-state index contributed by atoms with van der Waals surface area (Å²) in [6.45, 7) is 4.60. The Morgan fingerprint density at radius 2 is 1.35 bits per heavy atom. The van der Waals surface area contributed by atoms with Gasteiger partial charge in [-0.25, -0.2) is 0 Å². The molecule has 0 rings (SSSR count). The highest BCUT2D eigenvalue weighted by molar-refractivity contribution is 14.1. The van der Waals surface area contributed by atoms with Gasteiger partial charge in [0.15, 0.2) is 0 Å². The average Bonchev–Trinajstić information content (AvgIpc) is 2.34. The molecule has 2 atom stereocenters. The van der Waals surface area contributed by atoms with Crippen molar-refractivity contribution in [1.82, 2.24) is 0 Å². The first-order valence-corrected chi connectivity index (χ1v) is 10.2. The molecule has 0 aliphatic carbocycles. The van der Waals surface area contributed by atoms with Crippen molar-refractivity contribution >= 4 is 45.2 Å². The van der Waals surface area contributed by atoms with Crippen LogP contribution in [-0.2, 0) is 0 Å². The molecule has 17 heavy (non-hydrogen) atoms. The fraction of sp³-hybridized carbons (Fsp3) is 1.00. The van der Waals surface area contributed by atoms with Gasteiger partial charge in [0.1, 0.15) is 0 Å². The van der Waals surface area contributed by atoms with Gasteiger partial charge in [0.2, 0.25) is 0 Å². The molecule has 2 unspecified atom stereocenters. The van der Waals surface area contributed by atoms with E-state index in [1.165, 1.54) is 68.6 Å². The van der Waals surface area contributed by atoms with Crippen molar-refractivity contribution in [2.24, 2.45) is 5.92 Å². The molecule has 2 heteroatoms. The molecule has 0 nitrogen and oxygen atoms in total. The lowest BCUT2D eigenvalue weighted by molar-refractivity contribution is 0.475. The number of alkyl halides is 2. The second kappa shape index (κ2) is 13.9. The van der Waals surface area contributed by atoms with Gasteiger partial charge >= 0.3 is 0 Å². The second-order valence-electron chi connectivity index (χ2n) is 5.13. The fourth-order valence-electron chi connectivity index (χ4n) is 2.18. The zero-order valence-electron chi connectivity index (χ0n) is 11.7. The molecular formula is C15H30I2. The maximum Gasteiger partial charge on any atom is 0.0145 e. The van der Waals surface area contributed by atoms with Crippen LogP contribution in [-0.4, -0.2) is 8.35 Å². The maximum absolute atomic E-state index is 2.71. The van der Waals surface area contributed by atoms with Crippen LogP contribution in [0.1, 0.15) is 78.1 Å². The molecule has 0 saturated heterocycles. The third-order valence-electron chi connectivity index (χ3n) is 3.47. The molecule has 0 saturated carbocycles. The van der Waals surface area contributed by atoms with Crippen molar-refractivity contribution in [3.63, 3.8) is 0 Å². The zero-order valence-corrected chi connectivity index (χ0v) is 16.0. The van der Waals surface area contributed by atoms with Crippen LogP contribution in [0, 0.1) is 5.92 Å². The van der Waals surface area contributed by atoms with E-state index in [9.17, 15) is 0 Å². The van der Waals surface area contributed by atoms with Gasteiger partial charge in [-0.05, 0) is 18.8 Å². The van der Waals surface area contributed by atoms with Crippen molar-refractivity contribution in [2.45, 2.75) is 82.0 Å². The number of unbranched alkanes of at least 4 members (excludes halogenated alkanes) is 6. The standard InChI is InChI=1S/C15H30I2/c1-3-5-7-8-9-10-12-15(17)14(13-16)11-6-4-2/h14-15H,3-13H2,1-2H3. The summed E-state index contributed by atoms with van der Waals surface area (Å²) in [5, 5.41) is 0. The van der Waals surface area contributed by atoms with Gasteiger partial charge in [-0.15, -0.1) is 0 Å². The van der Waals surface area contributed by atoms with E-state index in [0.29, 0.717) is 0 Å². The number of halogens is 2. The minimum atomic E-state index is 0.919. The summed E-state index contributed by atoms with van der Waals surface area (Å²) >= 11 is 5.29. The molecule has 0 heterocycles. The summed E-state index contributed by atoms with van der Waals surface area (Å²) in [5.41, 5.74) is 0. The molecule has 0 aromatic rings. The van der Waals surface area contributed by atoms with Crippen molar-refractivity contribution < 1.29 is 0 Å². The summed E-state index contributed by atoms with van der Waals surface area (Å²) in [6, 6.07) is 0. The molecule has 0 bridgehead atoms. The van der Waals surface area contributed by atoms with E-state index < -0.39 is 0 Å². The van der Waals surface area contributed by atoms with Gasteiger partial charge in [-0.2, -0.15) is 0 Å². The van der Waals surface area contributed by atoms with E-state index in [1.807, 2.05) is 0 Å². The smallest absolute Gasteiger partial charge is 0.0145 e. The normalized spacial score (nSPS) is 14.8. The average molecular weight is 464 g/mol. The summed E-state index contributed by atoms with van der Waals surface area (Å²) in [5.74, 6) is 0.965. The van der Waals surface area contributed by atoms with E-state index in [2.05, 4.69) is 59.0 Å². The first kappa shape index (κ1) is 18.5. The lowest BCUT2D eigenvalue weighted by atomic mass is 9.97. The Morgan fingerprint density at radius 3 is 1.94 bits per heavy atom. The molecule has 0 aliphatic heterocycles. The Hall–Kier alpha value is 1.46. The number of rotatable bonds is 12. The SMILES string of the molecule is CCCCCCCCC(I)C(CI)CCCC. The highest BCUT2D eigenvalue weighted by Crippen LogP contribution is 2.26. The monoisotopic (exact) mass is 464 g/mol. The highest BCUT2D eigenvalue weighted by Gasteiger charge is 2.16. The van der Waals surface area contributed by atoms with Crippen LogP contribution in [0.25, 0.3) is 0 Å². The molecular weight excluding hydrogens is 434 g/mol.